The van der Waals surface area contributed by atoms with Crippen LogP contribution >= 0.6 is 0 Å². The number of esters is 1. The maximum Gasteiger partial charge on any atom is 0.309 e. The highest BCUT2D eigenvalue weighted by Crippen LogP contribution is 2.33. The van der Waals surface area contributed by atoms with Crippen molar-refractivity contribution in [3.8, 4) is 5.75 Å². The summed E-state index contributed by atoms with van der Waals surface area (Å²) in [6, 6.07) is 4.94. The Bertz CT molecular complexity index is 813. The minimum absolute atomic E-state index is 0.0434. The number of Topliss-reactive ketones (excluding diaryl/α,β-unsaturated/α-hetero) is 1. The molecule has 0 atom stereocenters. The number of ether oxygens (including phenoxy) is 2. The van der Waals surface area contributed by atoms with Gasteiger partial charge in [0, 0.05) is 25.1 Å². The van der Waals surface area contributed by atoms with E-state index in [2.05, 4.69) is 0 Å². The van der Waals surface area contributed by atoms with Crippen molar-refractivity contribution in [1.82, 2.24) is 4.90 Å². The maximum atomic E-state index is 12.8. The van der Waals surface area contributed by atoms with E-state index in [1.807, 2.05) is 0 Å². The number of nitrogens with zero attached hydrogens (tertiary/aromatic N) is 2. The molecule has 2 aliphatic rings. The molecule has 156 valence electrons. The molecule has 1 fully saturated rings. The van der Waals surface area contributed by atoms with Crippen LogP contribution in [-0.2, 0) is 19.1 Å². The number of ketones is 1. The Morgan fingerprint density at radius 3 is 2.55 bits per heavy atom. The lowest BCUT2D eigenvalue weighted by atomic mass is 9.97. The van der Waals surface area contributed by atoms with Crippen LogP contribution in [-0.4, -0.2) is 61.3 Å². The van der Waals surface area contributed by atoms with Gasteiger partial charge >= 0.3 is 5.97 Å². The number of anilines is 1. The third-order valence-electron chi connectivity index (χ3n) is 5.31. The molecule has 2 aliphatic heterocycles. The summed E-state index contributed by atoms with van der Waals surface area (Å²) < 4.78 is 10.5. The highest BCUT2D eigenvalue weighted by Gasteiger charge is 2.32. The van der Waals surface area contributed by atoms with Crippen molar-refractivity contribution in [2.45, 2.75) is 33.1 Å². The standard InChI is InChI=1S/C21H26N2O6/c1-3-17(24)15-5-6-18-16(11-15)23(20(26)13-29-18)12-19(25)22-9-7-14(8-10-22)21(27)28-4-2/h5-6,11,14H,3-4,7-10,12-13H2,1-2H3. The van der Waals surface area contributed by atoms with E-state index < -0.39 is 0 Å². The van der Waals surface area contributed by atoms with Gasteiger partial charge in [-0.25, -0.2) is 0 Å². The molecule has 0 radical (unpaired) electrons. The van der Waals surface area contributed by atoms with E-state index in [1.54, 1.807) is 36.9 Å². The fraction of sp³-hybridized carbons (Fsp3) is 0.524. The van der Waals surface area contributed by atoms with Crippen molar-refractivity contribution in [3.63, 3.8) is 0 Å². The zero-order valence-corrected chi connectivity index (χ0v) is 16.8. The lowest BCUT2D eigenvalue weighted by molar-refractivity contribution is -0.151. The Kier molecular flexibility index (Phi) is 6.51. The monoisotopic (exact) mass is 402 g/mol. The number of likely N-dealkylation sites (tertiary alicyclic amines) is 1. The van der Waals surface area contributed by atoms with Crippen LogP contribution in [0.4, 0.5) is 5.69 Å². The van der Waals surface area contributed by atoms with Gasteiger partial charge < -0.3 is 14.4 Å². The zero-order valence-electron chi connectivity index (χ0n) is 16.8. The molecule has 1 aromatic carbocycles. The van der Waals surface area contributed by atoms with Crippen LogP contribution in [0.5, 0.6) is 5.75 Å². The second kappa shape index (κ2) is 9.07. The first-order valence-electron chi connectivity index (χ1n) is 9.99. The third kappa shape index (κ3) is 4.58. The van der Waals surface area contributed by atoms with Crippen molar-refractivity contribution in [2.75, 3.05) is 37.7 Å². The van der Waals surface area contributed by atoms with E-state index >= 15 is 0 Å². The van der Waals surface area contributed by atoms with Gasteiger partial charge in [0.15, 0.2) is 12.4 Å². The molecule has 29 heavy (non-hydrogen) atoms. The largest absolute Gasteiger partial charge is 0.482 e. The van der Waals surface area contributed by atoms with Crippen LogP contribution in [0.25, 0.3) is 0 Å². The number of benzene rings is 1. The lowest BCUT2D eigenvalue weighted by Crippen LogP contribution is -2.49. The summed E-state index contributed by atoms with van der Waals surface area (Å²) in [5.74, 6) is -0.490. The number of rotatable bonds is 6. The SMILES string of the molecule is CCOC(=O)C1CCN(C(=O)CN2C(=O)COc3ccc(C(=O)CC)cc32)CC1. The molecular weight excluding hydrogens is 376 g/mol. The molecule has 0 aliphatic carbocycles. The second-order valence-corrected chi connectivity index (χ2v) is 7.13. The molecule has 0 bridgehead atoms. The minimum atomic E-state index is -0.326. The number of hydrogen-bond donors (Lipinski definition) is 0. The summed E-state index contributed by atoms with van der Waals surface area (Å²) in [6.45, 7) is 4.51. The van der Waals surface area contributed by atoms with Crippen molar-refractivity contribution in [3.05, 3.63) is 23.8 Å². The molecule has 8 heteroatoms. The topological polar surface area (TPSA) is 93.2 Å². The lowest BCUT2D eigenvalue weighted by Gasteiger charge is -2.34. The van der Waals surface area contributed by atoms with Gasteiger partial charge in [0.25, 0.3) is 5.91 Å². The minimum Gasteiger partial charge on any atom is -0.482 e. The molecule has 8 nitrogen and oxygen atoms in total. The number of hydrogen-bond acceptors (Lipinski definition) is 6. The fourth-order valence-corrected chi connectivity index (χ4v) is 3.61. The van der Waals surface area contributed by atoms with Gasteiger partial charge in [0.05, 0.1) is 18.2 Å². The average Bonchev–Trinajstić information content (AvgIpc) is 2.75. The molecule has 1 aromatic rings. The smallest absolute Gasteiger partial charge is 0.309 e. The zero-order chi connectivity index (χ0) is 21.0. The van der Waals surface area contributed by atoms with Crippen LogP contribution in [0.15, 0.2) is 18.2 Å². The van der Waals surface area contributed by atoms with Gasteiger partial charge in [-0.2, -0.15) is 0 Å². The molecule has 0 saturated carbocycles. The number of fused-ring (bicyclic) bond motifs is 1. The molecular formula is C21H26N2O6. The number of carbonyl (C=O) groups excluding carboxylic acids is 4. The van der Waals surface area contributed by atoms with Crippen LogP contribution < -0.4 is 9.64 Å². The van der Waals surface area contributed by atoms with Crippen molar-refractivity contribution in [1.29, 1.82) is 0 Å². The normalized spacial score (nSPS) is 16.8. The Morgan fingerprint density at radius 1 is 1.17 bits per heavy atom. The highest BCUT2D eigenvalue weighted by atomic mass is 16.5. The van der Waals surface area contributed by atoms with E-state index in [9.17, 15) is 19.2 Å². The van der Waals surface area contributed by atoms with Crippen LogP contribution in [0.1, 0.15) is 43.5 Å². The first-order valence-corrected chi connectivity index (χ1v) is 9.99. The Hall–Kier alpha value is -2.90. The summed E-state index contributed by atoms with van der Waals surface area (Å²) in [4.78, 5) is 52.2. The van der Waals surface area contributed by atoms with Crippen LogP contribution in [0, 0.1) is 5.92 Å². The predicted molar refractivity (Wildman–Crippen MR) is 105 cm³/mol. The molecule has 1 saturated heterocycles. The van der Waals surface area contributed by atoms with Crippen molar-refractivity contribution >= 4 is 29.3 Å². The van der Waals surface area contributed by atoms with Gasteiger partial charge in [-0.1, -0.05) is 6.92 Å². The number of piperidine rings is 1. The Labute approximate surface area is 169 Å². The molecule has 0 unspecified atom stereocenters. The van der Waals surface area contributed by atoms with Gasteiger partial charge in [-0.05, 0) is 38.0 Å². The molecule has 2 heterocycles. The van der Waals surface area contributed by atoms with Gasteiger partial charge in [-0.3, -0.25) is 24.1 Å². The van der Waals surface area contributed by atoms with Crippen molar-refractivity contribution < 1.29 is 28.7 Å². The Balaban J connectivity index is 1.69. The van der Waals surface area contributed by atoms with Gasteiger partial charge in [0.1, 0.15) is 12.3 Å². The van der Waals surface area contributed by atoms with Crippen molar-refractivity contribution in [2.24, 2.45) is 5.92 Å². The molecule has 3 rings (SSSR count). The maximum absolute atomic E-state index is 12.8. The quantitative estimate of drug-likeness (QED) is 0.532. The van der Waals surface area contributed by atoms with E-state index in [0.29, 0.717) is 56.0 Å². The average molecular weight is 402 g/mol. The summed E-state index contributed by atoms with van der Waals surface area (Å²) in [5, 5.41) is 0. The number of carbonyl (C=O) groups is 4. The third-order valence-corrected chi connectivity index (χ3v) is 5.31. The molecule has 0 N–H and O–H groups in total. The summed E-state index contributed by atoms with van der Waals surface area (Å²) in [7, 11) is 0. The summed E-state index contributed by atoms with van der Waals surface area (Å²) >= 11 is 0. The molecule has 0 spiro atoms. The van der Waals surface area contributed by atoms with E-state index in [4.69, 9.17) is 9.47 Å². The second-order valence-electron chi connectivity index (χ2n) is 7.13. The summed E-state index contributed by atoms with van der Waals surface area (Å²) in [5.41, 5.74) is 0.924. The molecule has 2 amide bonds. The van der Waals surface area contributed by atoms with E-state index in [-0.39, 0.29) is 42.6 Å². The molecule has 0 aromatic heterocycles. The van der Waals surface area contributed by atoms with E-state index in [1.165, 1.54) is 4.90 Å². The van der Waals surface area contributed by atoms with Crippen LogP contribution in [0.3, 0.4) is 0 Å². The Morgan fingerprint density at radius 2 is 1.90 bits per heavy atom. The van der Waals surface area contributed by atoms with E-state index in [0.717, 1.165) is 0 Å². The highest BCUT2D eigenvalue weighted by molar-refractivity contribution is 6.04. The fourth-order valence-electron chi connectivity index (χ4n) is 3.61. The van der Waals surface area contributed by atoms with Crippen LogP contribution in [0.2, 0.25) is 0 Å². The summed E-state index contributed by atoms with van der Waals surface area (Å²) in [6.07, 6.45) is 1.45. The first-order chi connectivity index (χ1) is 13.9. The van der Waals surface area contributed by atoms with Gasteiger partial charge in [0.2, 0.25) is 5.91 Å². The predicted octanol–water partition coefficient (Wildman–Crippen LogP) is 1.81. The number of amides is 2. The first kappa shape index (κ1) is 20.8. The van der Waals surface area contributed by atoms with Gasteiger partial charge in [-0.15, -0.1) is 0 Å².